The van der Waals surface area contributed by atoms with E-state index in [4.69, 9.17) is 23.2 Å². The third kappa shape index (κ3) is 4.01. The molecule has 0 bridgehead atoms. The highest BCUT2D eigenvalue weighted by Gasteiger charge is 2.46. The van der Waals surface area contributed by atoms with Crippen LogP contribution in [0, 0.1) is 5.92 Å². The van der Waals surface area contributed by atoms with Crippen molar-refractivity contribution in [1.29, 1.82) is 0 Å². The number of nitrogens with one attached hydrogen (secondary N) is 1. The molecule has 1 aromatic rings. The Hall–Kier alpha value is -1.01. The van der Waals surface area contributed by atoms with E-state index in [1.807, 2.05) is 0 Å². The zero-order chi connectivity index (χ0) is 15.6. The van der Waals surface area contributed by atoms with Gasteiger partial charge in [0.15, 0.2) is 0 Å². The molecule has 21 heavy (non-hydrogen) atoms. The van der Waals surface area contributed by atoms with Gasteiger partial charge in [-0.25, -0.2) is 4.98 Å². The number of pyridine rings is 1. The lowest BCUT2D eigenvalue weighted by molar-refractivity contribution is -0.187. The molecule has 2 unspecified atom stereocenters. The van der Waals surface area contributed by atoms with Crippen LogP contribution in [0.3, 0.4) is 0 Å². The van der Waals surface area contributed by atoms with Gasteiger partial charge in [0.05, 0.1) is 10.9 Å². The van der Waals surface area contributed by atoms with E-state index in [2.05, 4.69) is 10.3 Å². The van der Waals surface area contributed by atoms with Crippen molar-refractivity contribution in [3.63, 3.8) is 0 Å². The third-order valence-electron chi connectivity index (χ3n) is 3.53. The van der Waals surface area contributed by atoms with Gasteiger partial charge >= 0.3 is 6.18 Å². The maximum atomic E-state index is 13.0. The molecule has 8 heteroatoms. The zero-order valence-electron chi connectivity index (χ0n) is 10.9. The van der Waals surface area contributed by atoms with Gasteiger partial charge in [0.1, 0.15) is 10.8 Å². The quantitative estimate of drug-likeness (QED) is 0.818. The van der Waals surface area contributed by atoms with Crippen LogP contribution in [0.1, 0.15) is 36.2 Å². The van der Waals surface area contributed by atoms with Crippen molar-refractivity contribution in [2.75, 3.05) is 0 Å². The second-order valence-electron chi connectivity index (χ2n) is 4.98. The number of alkyl halides is 3. The van der Waals surface area contributed by atoms with Crippen molar-refractivity contribution in [2.24, 2.45) is 5.92 Å². The minimum absolute atomic E-state index is 0.0190. The van der Waals surface area contributed by atoms with Gasteiger partial charge in [-0.3, -0.25) is 4.79 Å². The second kappa shape index (κ2) is 6.40. The molecule has 1 aromatic heterocycles. The smallest absolute Gasteiger partial charge is 0.347 e. The molecule has 2 atom stereocenters. The Morgan fingerprint density at radius 3 is 2.57 bits per heavy atom. The molecule has 0 spiro atoms. The summed E-state index contributed by atoms with van der Waals surface area (Å²) in [6.45, 7) is 0. The van der Waals surface area contributed by atoms with Crippen molar-refractivity contribution in [3.8, 4) is 0 Å². The average Bonchev–Trinajstić information content (AvgIpc) is 2.41. The van der Waals surface area contributed by atoms with E-state index < -0.39 is 24.0 Å². The molecule has 2 rings (SSSR count). The van der Waals surface area contributed by atoms with Crippen LogP contribution in [0.4, 0.5) is 13.2 Å². The molecule has 1 heterocycles. The largest absolute Gasteiger partial charge is 0.393 e. The molecule has 1 saturated carbocycles. The van der Waals surface area contributed by atoms with Gasteiger partial charge in [0.25, 0.3) is 5.91 Å². The molecule has 0 radical (unpaired) electrons. The Kier molecular flexibility index (Phi) is 4.99. The monoisotopic (exact) mass is 340 g/mol. The standard InChI is InChI=1S/C13H13Cl2F3N2O/c14-8-5-6-10(15)20-11(8)12(21)19-9-4-2-1-3-7(9)13(16,17)18/h5-7,9H,1-4H2,(H,19,21). The molecule has 1 fully saturated rings. The van der Waals surface area contributed by atoms with Crippen LogP contribution >= 0.6 is 23.2 Å². The summed E-state index contributed by atoms with van der Waals surface area (Å²) in [7, 11) is 0. The number of halogens is 5. The molecule has 1 aliphatic carbocycles. The molecule has 1 amide bonds. The first-order chi connectivity index (χ1) is 9.79. The Morgan fingerprint density at radius 2 is 1.90 bits per heavy atom. The highest BCUT2D eigenvalue weighted by molar-refractivity contribution is 6.34. The fraction of sp³-hybridized carbons (Fsp3) is 0.538. The molecule has 0 aliphatic heterocycles. The van der Waals surface area contributed by atoms with Crippen molar-refractivity contribution >= 4 is 29.1 Å². The number of rotatable bonds is 2. The van der Waals surface area contributed by atoms with Gasteiger partial charge in [0, 0.05) is 6.04 Å². The van der Waals surface area contributed by atoms with E-state index in [-0.39, 0.29) is 28.7 Å². The summed E-state index contributed by atoms with van der Waals surface area (Å²) in [5.74, 6) is -2.27. The van der Waals surface area contributed by atoms with E-state index in [1.54, 1.807) is 0 Å². The highest BCUT2D eigenvalue weighted by atomic mass is 35.5. The molecular weight excluding hydrogens is 328 g/mol. The average molecular weight is 341 g/mol. The van der Waals surface area contributed by atoms with Gasteiger partial charge in [-0.1, -0.05) is 36.0 Å². The van der Waals surface area contributed by atoms with E-state index in [0.717, 1.165) is 0 Å². The summed E-state index contributed by atoms with van der Waals surface area (Å²) >= 11 is 11.5. The molecule has 0 saturated heterocycles. The number of carbonyl (C=O) groups is 1. The van der Waals surface area contributed by atoms with Crippen molar-refractivity contribution < 1.29 is 18.0 Å². The Labute approximate surface area is 129 Å². The van der Waals surface area contributed by atoms with Gasteiger partial charge in [-0.2, -0.15) is 13.2 Å². The number of hydrogen-bond donors (Lipinski definition) is 1. The SMILES string of the molecule is O=C(NC1CCCCC1C(F)(F)F)c1nc(Cl)ccc1Cl. The summed E-state index contributed by atoms with van der Waals surface area (Å²) in [6.07, 6.45) is -2.87. The van der Waals surface area contributed by atoms with Crippen LogP contribution in [0.2, 0.25) is 10.2 Å². The summed E-state index contributed by atoms with van der Waals surface area (Å²) < 4.78 is 38.9. The van der Waals surface area contributed by atoms with Crippen molar-refractivity contribution in [1.82, 2.24) is 10.3 Å². The third-order valence-corrected chi connectivity index (χ3v) is 4.05. The summed E-state index contributed by atoms with van der Waals surface area (Å²) in [6, 6.07) is 1.83. The first-order valence-electron chi connectivity index (χ1n) is 6.48. The summed E-state index contributed by atoms with van der Waals surface area (Å²) in [5.41, 5.74) is -0.157. The van der Waals surface area contributed by atoms with Crippen LogP contribution < -0.4 is 5.32 Å². The maximum Gasteiger partial charge on any atom is 0.393 e. The molecule has 116 valence electrons. The minimum atomic E-state index is -4.33. The fourth-order valence-corrected chi connectivity index (χ4v) is 2.85. The van der Waals surface area contributed by atoms with Crippen molar-refractivity contribution in [3.05, 3.63) is 28.0 Å². The normalized spacial score (nSPS) is 22.9. The van der Waals surface area contributed by atoms with Crippen molar-refractivity contribution in [2.45, 2.75) is 37.9 Å². The fourth-order valence-electron chi connectivity index (χ4n) is 2.51. The second-order valence-corrected chi connectivity index (χ2v) is 5.77. The first kappa shape index (κ1) is 16.4. The number of amides is 1. The van der Waals surface area contributed by atoms with E-state index in [0.29, 0.717) is 12.8 Å². The van der Waals surface area contributed by atoms with Crippen LogP contribution in [0.15, 0.2) is 12.1 Å². The van der Waals surface area contributed by atoms with Gasteiger partial charge < -0.3 is 5.32 Å². The predicted molar refractivity (Wildman–Crippen MR) is 73.5 cm³/mol. The van der Waals surface area contributed by atoms with Crippen LogP contribution in [-0.4, -0.2) is 23.1 Å². The Balaban J connectivity index is 2.15. The lowest BCUT2D eigenvalue weighted by Crippen LogP contribution is -2.47. The first-order valence-corrected chi connectivity index (χ1v) is 7.24. The number of carbonyl (C=O) groups excluding carboxylic acids is 1. The summed E-state index contributed by atoms with van der Waals surface area (Å²) in [4.78, 5) is 15.8. The lowest BCUT2D eigenvalue weighted by atomic mass is 9.84. The molecular formula is C13H13Cl2F3N2O. The molecule has 1 aliphatic rings. The zero-order valence-corrected chi connectivity index (χ0v) is 12.4. The van der Waals surface area contributed by atoms with Crippen LogP contribution in [0.25, 0.3) is 0 Å². The number of aromatic nitrogens is 1. The Bertz CT molecular complexity index is 537. The molecule has 1 N–H and O–H groups in total. The van der Waals surface area contributed by atoms with Crippen LogP contribution in [0.5, 0.6) is 0 Å². The van der Waals surface area contributed by atoms with Gasteiger partial charge in [-0.15, -0.1) is 0 Å². The van der Waals surface area contributed by atoms with E-state index in [1.165, 1.54) is 12.1 Å². The number of nitrogens with zero attached hydrogens (tertiary/aromatic N) is 1. The number of hydrogen-bond acceptors (Lipinski definition) is 2. The molecule has 3 nitrogen and oxygen atoms in total. The topological polar surface area (TPSA) is 42.0 Å². The Morgan fingerprint density at radius 1 is 1.24 bits per heavy atom. The van der Waals surface area contributed by atoms with Crippen LogP contribution in [-0.2, 0) is 0 Å². The minimum Gasteiger partial charge on any atom is -0.347 e. The predicted octanol–water partition coefficient (Wildman–Crippen LogP) is 4.24. The van der Waals surface area contributed by atoms with Gasteiger partial charge in [-0.05, 0) is 25.0 Å². The maximum absolute atomic E-state index is 13.0. The van der Waals surface area contributed by atoms with E-state index >= 15 is 0 Å². The molecule has 0 aromatic carbocycles. The lowest BCUT2D eigenvalue weighted by Gasteiger charge is -2.33. The highest BCUT2D eigenvalue weighted by Crippen LogP contribution is 2.37. The van der Waals surface area contributed by atoms with E-state index in [9.17, 15) is 18.0 Å². The van der Waals surface area contributed by atoms with Gasteiger partial charge in [0.2, 0.25) is 0 Å². The summed E-state index contributed by atoms with van der Waals surface area (Å²) in [5, 5.41) is 2.50.